The van der Waals surface area contributed by atoms with Gasteiger partial charge in [0.1, 0.15) is 0 Å². The lowest BCUT2D eigenvalue weighted by molar-refractivity contribution is -0.124. The number of aromatic nitrogens is 2. The van der Waals surface area contributed by atoms with Gasteiger partial charge in [-0.25, -0.2) is 0 Å². The average Bonchev–Trinajstić information content (AvgIpc) is 2.88. The SMILES string of the molecule is N[C@@H]1CC[C@H](C(=O)NCCn2cc(Cl)cn2)C1. The van der Waals surface area contributed by atoms with E-state index in [1.54, 1.807) is 17.1 Å². The topological polar surface area (TPSA) is 72.9 Å². The molecule has 2 atom stereocenters. The lowest BCUT2D eigenvalue weighted by Gasteiger charge is -2.10. The summed E-state index contributed by atoms with van der Waals surface area (Å²) in [4.78, 5) is 11.8. The van der Waals surface area contributed by atoms with Crippen LogP contribution in [0.5, 0.6) is 0 Å². The molecule has 0 aliphatic heterocycles. The molecule has 1 amide bonds. The first-order valence-electron chi connectivity index (χ1n) is 5.86. The normalized spacial score (nSPS) is 23.9. The molecule has 17 heavy (non-hydrogen) atoms. The number of rotatable bonds is 4. The molecule has 2 rings (SSSR count). The smallest absolute Gasteiger partial charge is 0.223 e. The fraction of sp³-hybridized carbons (Fsp3) is 0.636. The van der Waals surface area contributed by atoms with Crippen LogP contribution < -0.4 is 11.1 Å². The van der Waals surface area contributed by atoms with E-state index in [0.717, 1.165) is 19.3 Å². The molecule has 1 aromatic heterocycles. The summed E-state index contributed by atoms with van der Waals surface area (Å²) in [5.74, 6) is 0.197. The van der Waals surface area contributed by atoms with Crippen LogP contribution in [0, 0.1) is 5.92 Å². The van der Waals surface area contributed by atoms with Crippen molar-refractivity contribution in [2.24, 2.45) is 11.7 Å². The highest BCUT2D eigenvalue weighted by Crippen LogP contribution is 2.23. The van der Waals surface area contributed by atoms with Crippen molar-refractivity contribution in [3.63, 3.8) is 0 Å². The summed E-state index contributed by atoms with van der Waals surface area (Å²) in [6, 6.07) is 0.190. The summed E-state index contributed by atoms with van der Waals surface area (Å²) in [6.07, 6.45) is 5.98. The van der Waals surface area contributed by atoms with Gasteiger partial charge in [0.15, 0.2) is 0 Å². The maximum Gasteiger partial charge on any atom is 0.223 e. The highest BCUT2D eigenvalue weighted by molar-refractivity contribution is 6.30. The monoisotopic (exact) mass is 256 g/mol. The number of hydrogen-bond donors (Lipinski definition) is 2. The molecular weight excluding hydrogens is 240 g/mol. The first kappa shape index (κ1) is 12.4. The zero-order chi connectivity index (χ0) is 12.3. The number of carbonyl (C=O) groups excluding carboxylic acids is 1. The number of nitrogens with zero attached hydrogens (tertiary/aromatic N) is 2. The maximum atomic E-state index is 11.8. The molecule has 1 aliphatic carbocycles. The number of hydrogen-bond acceptors (Lipinski definition) is 3. The van der Waals surface area contributed by atoms with E-state index in [4.69, 9.17) is 17.3 Å². The molecule has 0 unspecified atom stereocenters. The largest absolute Gasteiger partial charge is 0.354 e. The van der Waals surface area contributed by atoms with Crippen molar-refractivity contribution in [1.82, 2.24) is 15.1 Å². The maximum absolute atomic E-state index is 11.8. The van der Waals surface area contributed by atoms with E-state index in [-0.39, 0.29) is 17.9 Å². The fourth-order valence-electron chi connectivity index (χ4n) is 2.15. The molecule has 0 bridgehead atoms. The van der Waals surface area contributed by atoms with Gasteiger partial charge >= 0.3 is 0 Å². The third-order valence-electron chi connectivity index (χ3n) is 3.09. The van der Waals surface area contributed by atoms with Crippen LogP contribution in [0.15, 0.2) is 12.4 Å². The first-order valence-corrected chi connectivity index (χ1v) is 6.24. The van der Waals surface area contributed by atoms with Crippen LogP contribution in [-0.4, -0.2) is 28.3 Å². The minimum absolute atomic E-state index is 0.0891. The van der Waals surface area contributed by atoms with Gasteiger partial charge in [-0.3, -0.25) is 9.48 Å². The Balaban J connectivity index is 1.70. The zero-order valence-electron chi connectivity index (χ0n) is 9.60. The van der Waals surface area contributed by atoms with Gasteiger partial charge in [-0.1, -0.05) is 11.6 Å². The van der Waals surface area contributed by atoms with Gasteiger partial charge in [0.05, 0.1) is 17.8 Å². The highest BCUT2D eigenvalue weighted by Gasteiger charge is 2.27. The summed E-state index contributed by atoms with van der Waals surface area (Å²) in [5, 5.41) is 7.55. The van der Waals surface area contributed by atoms with Crippen molar-refractivity contribution in [1.29, 1.82) is 0 Å². The second-order valence-electron chi connectivity index (χ2n) is 4.48. The summed E-state index contributed by atoms with van der Waals surface area (Å²) >= 11 is 5.74. The molecule has 0 saturated heterocycles. The van der Waals surface area contributed by atoms with Gasteiger partial charge in [-0.05, 0) is 19.3 Å². The van der Waals surface area contributed by atoms with Crippen molar-refractivity contribution in [2.75, 3.05) is 6.54 Å². The third-order valence-corrected chi connectivity index (χ3v) is 3.28. The van der Waals surface area contributed by atoms with Gasteiger partial charge in [0.25, 0.3) is 0 Å². The Kier molecular flexibility index (Phi) is 4.02. The first-order chi connectivity index (χ1) is 8.15. The lowest BCUT2D eigenvalue weighted by Crippen LogP contribution is -2.32. The van der Waals surface area contributed by atoms with Crippen molar-refractivity contribution in [2.45, 2.75) is 31.8 Å². The van der Waals surface area contributed by atoms with Gasteiger partial charge in [0.2, 0.25) is 5.91 Å². The second-order valence-corrected chi connectivity index (χ2v) is 4.92. The minimum atomic E-state index is 0.0891. The summed E-state index contributed by atoms with van der Waals surface area (Å²) in [7, 11) is 0. The number of nitrogens with one attached hydrogen (secondary N) is 1. The number of amides is 1. The molecule has 1 aliphatic rings. The van der Waals surface area contributed by atoms with Crippen molar-refractivity contribution in [3.8, 4) is 0 Å². The van der Waals surface area contributed by atoms with Crippen LogP contribution in [-0.2, 0) is 11.3 Å². The third kappa shape index (κ3) is 3.44. The standard InChI is InChI=1S/C11H17ClN4O/c12-9-6-15-16(7-9)4-3-14-11(17)8-1-2-10(13)5-8/h6-8,10H,1-5,13H2,(H,14,17)/t8-,10+/m0/s1. The molecule has 0 radical (unpaired) electrons. The second kappa shape index (κ2) is 5.51. The van der Waals surface area contributed by atoms with Crippen LogP contribution in [0.4, 0.5) is 0 Å². The average molecular weight is 257 g/mol. The Morgan fingerprint density at radius 2 is 2.47 bits per heavy atom. The Labute approximate surface area is 105 Å². The van der Waals surface area contributed by atoms with E-state index >= 15 is 0 Å². The van der Waals surface area contributed by atoms with E-state index in [2.05, 4.69) is 10.4 Å². The van der Waals surface area contributed by atoms with E-state index in [9.17, 15) is 4.79 Å². The summed E-state index contributed by atoms with van der Waals surface area (Å²) < 4.78 is 1.71. The number of halogens is 1. The quantitative estimate of drug-likeness (QED) is 0.836. The predicted molar refractivity (Wildman–Crippen MR) is 65.6 cm³/mol. The molecule has 94 valence electrons. The van der Waals surface area contributed by atoms with Crippen LogP contribution in [0.1, 0.15) is 19.3 Å². The summed E-state index contributed by atoms with van der Waals surface area (Å²) in [6.45, 7) is 1.21. The van der Waals surface area contributed by atoms with Crippen molar-refractivity contribution >= 4 is 17.5 Å². The molecule has 1 saturated carbocycles. The molecule has 0 spiro atoms. The van der Waals surface area contributed by atoms with Gasteiger partial charge in [0, 0.05) is 24.7 Å². The van der Waals surface area contributed by atoms with Crippen LogP contribution in [0.2, 0.25) is 5.02 Å². The lowest BCUT2D eigenvalue weighted by atomic mass is 10.1. The predicted octanol–water partition coefficient (Wildman–Crippen LogP) is 0.780. The van der Waals surface area contributed by atoms with E-state index in [0.29, 0.717) is 18.1 Å². The summed E-state index contributed by atoms with van der Waals surface area (Å²) in [5.41, 5.74) is 5.78. The molecular formula is C11H17ClN4O. The highest BCUT2D eigenvalue weighted by atomic mass is 35.5. The molecule has 5 nitrogen and oxygen atoms in total. The van der Waals surface area contributed by atoms with Crippen LogP contribution >= 0.6 is 11.6 Å². The molecule has 6 heteroatoms. The van der Waals surface area contributed by atoms with Gasteiger partial charge < -0.3 is 11.1 Å². The van der Waals surface area contributed by atoms with Crippen LogP contribution in [0.25, 0.3) is 0 Å². The molecule has 3 N–H and O–H groups in total. The Bertz CT molecular complexity index is 393. The van der Waals surface area contributed by atoms with Gasteiger partial charge in [-0.2, -0.15) is 5.10 Å². The Morgan fingerprint density at radius 3 is 3.06 bits per heavy atom. The van der Waals surface area contributed by atoms with E-state index in [1.165, 1.54) is 0 Å². The Morgan fingerprint density at radius 1 is 1.65 bits per heavy atom. The van der Waals surface area contributed by atoms with Gasteiger partial charge in [-0.15, -0.1) is 0 Å². The number of nitrogens with two attached hydrogens (primary N) is 1. The van der Waals surface area contributed by atoms with Crippen molar-refractivity contribution in [3.05, 3.63) is 17.4 Å². The minimum Gasteiger partial charge on any atom is -0.354 e. The molecule has 0 aromatic carbocycles. The molecule has 1 heterocycles. The number of carbonyl (C=O) groups is 1. The van der Waals surface area contributed by atoms with Crippen LogP contribution in [0.3, 0.4) is 0 Å². The van der Waals surface area contributed by atoms with E-state index < -0.39 is 0 Å². The van der Waals surface area contributed by atoms with Crippen molar-refractivity contribution < 1.29 is 4.79 Å². The molecule has 1 fully saturated rings. The fourth-order valence-corrected chi connectivity index (χ4v) is 2.31. The Hall–Kier alpha value is -1.07. The van der Waals surface area contributed by atoms with E-state index in [1.807, 2.05) is 0 Å². The zero-order valence-corrected chi connectivity index (χ0v) is 10.4. The molecule has 1 aromatic rings.